The van der Waals surface area contributed by atoms with E-state index in [2.05, 4.69) is 64.6 Å². The van der Waals surface area contributed by atoms with Gasteiger partial charge in [-0.15, -0.1) is 0 Å². The molecule has 0 radical (unpaired) electrons. The highest BCUT2D eigenvalue weighted by Crippen LogP contribution is 2.42. The van der Waals surface area contributed by atoms with Gasteiger partial charge in [0, 0.05) is 6.61 Å². The van der Waals surface area contributed by atoms with Crippen molar-refractivity contribution in [2.45, 2.75) is 181 Å². The SMILES string of the molecule is CCCCCCCCCCCCCCCCCCOC[C@H](CO[Si](C(C)C)(C(C)C)C(C)C)OCc1ccc(C#N)c(-n2cncn2)c1. The van der Waals surface area contributed by atoms with E-state index >= 15 is 0 Å². The first-order chi connectivity index (χ1) is 23.3. The molecule has 1 aromatic carbocycles. The fourth-order valence-corrected chi connectivity index (χ4v) is 12.8. The van der Waals surface area contributed by atoms with Crippen molar-refractivity contribution in [1.82, 2.24) is 14.8 Å². The molecule has 2 rings (SSSR count). The molecule has 1 heterocycles. The second kappa shape index (κ2) is 25.0. The highest BCUT2D eigenvalue weighted by Gasteiger charge is 2.45. The Kier molecular flexibility index (Phi) is 21.9. The monoisotopic (exact) mass is 683 g/mol. The third-order valence-electron chi connectivity index (χ3n) is 10.0. The van der Waals surface area contributed by atoms with E-state index in [0.717, 1.165) is 18.6 Å². The van der Waals surface area contributed by atoms with E-state index in [1.807, 2.05) is 18.2 Å². The van der Waals surface area contributed by atoms with E-state index in [4.69, 9.17) is 13.9 Å². The molecule has 7 nitrogen and oxygen atoms in total. The number of hydrogen-bond acceptors (Lipinski definition) is 6. The van der Waals surface area contributed by atoms with Gasteiger partial charge in [0.25, 0.3) is 0 Å². The number of nitrogens with zero attached hydrogens (tertiary/aromatic N) is 4. The van der Waals surface area contributed by atoms with E-state index in [0.29, 0.717) is 47.7 Å². The summed E-state index contributed by atoms with van der Waals surface area (Å²) in [5.74, 6) is 0. The summed E-state index contributed by atoms with van der Waals surface area (Å²) in [5.41, 5.74) is 3.75. The normalized spacial score (nSPS) is 12.8. The predicted octanol–water partition coefficient (Wildman–Crippen LogP) is 11.5. The smallest absolute Gasteiger partial charge is 0.200 e. The second-order valence-corrected chi connectivity index (χ2v) is 20.2. The van der Waals surface area contributed by atoms with Crippen LogP contribution in [-0.2, 0) is 20.5 Å². The van der Waals surface area contributed by atoms with Crippen LogP contribution in [0, 0.1) is 11.3 Å². The molecule has 0 bridgehead atoms. The molecule has 0 unspecified atom stereocenters. The lowest BCUT2D eigenvalue weighted by Crippen LogP contribution is -2.49. The Morgan fingerprint density at radius 3 is 1.77 bits per heavy atom. The highest BCUT2D eigenvalue weighted by atomic mass is 28.4. The van der Waals surface area contributed by atoms with Gasteiger partial charge in [0.1, 0.15) is 24.8 Å². The van der Waals surface area contributed by atoms with E-state index < -0.39 is 8.32 Å². The summed E-state index contributed by atoms with van der Waals surface area (Å²) in [6, 6.07) is 7.98. The molecule has 8 heteroatoms. The number of aromatic nitrogens is 3. The van der Waals surface area contributed by atoms with Crippen LogP contribution in [0.2, 0.25) is 16.6 Å². The molecular formula is C40H70N4O3Si. The molecule has 0 N–H and O–H groups in total. The first kappa shape index (κ1) is 42.1. The number of benzene rings is 1. The van der Waals surface area contributed by atoms with Crippen molar-refractivity contribution < 1.29 is 13.9 Å². The zero-order valence-corrected chi connectivity index (χ0v) is 32.9. The maximum absolute atomic E-state index is 9.61. The van der Waals surface area contributed by atoms with Gasteiger partial charge in [-0.25, -0.2) is 9.67 Å². The molecule has 0 aliphatic rings. The Morgan fingerprint density at radius 1 is 0.750 bits per heavy atom. The number of rotatable bonds is 29. The molecule has 0 spiro atoms. The first-order valence-electron chi connectivity index (χ1n) is 19.5. The third-order valence-corrected chi connectivity index (χ3v) is 16.1. The van der Waals surface area contributed by atoms with Crippen molar-refractivity contribution >= 4 is 8.32 Å². The Labute approximate surface area is 295 Å². The maximum Gasteiger partial charge on any atom is 0.200 e. The zero-order chi connectivity index (χ0) is 35.0. The summed E-state index contributed by atoms with van der Waals surface area (Å²) >= 11 is 0. The van der Waals surface area contributed by atoms with Crippen LogP contribution in [0.5, 0.6) is 0 Å². The van der Waals surface area contributed by atoms with Crippen molar-refractivity contribution in [2.24, 2.45) is 0 Å². The molecule has 0 saturated carbocycles. The Bertz CT molecular complexity index is 1090. The molecule has 2 aromatic rings. The number of nitriles is 1. The molecule has 0 saturated heterocycles. The third kappa shape index (κ3) is 15.2. The fourth-order valence-electron chi connectivity index (χ4n) is 7.35. The molecule has 0 aliphatic heterocycles. The minimum Gasteiger partial charge on any atom is -0.413 e. The van der Waals surface area contributed by atoms with Gasteiger partial charge in [0.2, 0.25) is 0 Å². The Balaban J connectivity index is 1.77. The lowest BCUT2D eigenvalue weighted by atomic mass is 10.0. The van der Waals surface area contributed by atoms with Gasteiger partial charge in [-0.1, -0.05) is 151 Å². The molecular weight excluding hydrogens is 613 g/mol. The second-order valence-electron chi connectivity index (χ2n) is 14.7. The van der Waals surface area contributed by atoms with Crippen molar-refractivity contribution in [2.75, 3.05) is 19.8 Å². The van der Waals surface area contributed by atoms with Crippen LogP contribution in [0.3, 0.4) is 0 Å². The maximum atomic E-state index is 9.61. The highest BCUT2D eigenvalue weighted by molar-refractivity contribution is 6.77. The number of hydrogen-bond donors (Lipinski definition) is 0. The largest absolute Gasteiger partial charge is 0.413 e. The Morgan fingerprint density at radius 2 is 1.29 bits per heavy atom. The van der Waals surface area contributed by atoms with Gasteiger partial charge < -0.3 is 13.9 Å². The van der Waals surface area contributed by atoms with Gasteiger partial charge in [0.15, 0.2) is 8.32 Å². The van der Waals surface area contributed by atoms with Crippen LogP contribution in [0.25, 0.3) is 5.69 Å². The van der Waals surface area contributed by atoms with Crippen LogP contribution in [-0.4, -0.2) is 49.0 Å². The molecule has 1 atom stereocenters. The van der Waals surface area contributed by atoms with Gasteiger partial charge >= 0.3 is 0 Å². The fraction of sp³-hybridized carbons (Fsp3) is 0.775. The van der Waals surface area contributed by atoms with Crippen LogP contribution in [0.1, 0.15) is 162 Å². The van der Waals surface area contributed by atoms with Crippen molar-refractivity contribution in [3.8, 4) is 11.8 Å². The zero-order valence-electron chi connectivity index (χ0n) is 31.9. The van der Waals surface area contributed by atoms with E-state index in [-0.39, 0.29) is 6.10 Å². The first-order valence-corrected chi connectivity index (χ1v) is 21.6. The summed E-state index contributed by atoms with van der Waals surface area (Å²) in [4.78, 5) is 4.05. The van der Waals surface area contributed by atoms with Crippen LogP contribution in [0.4, 0.5) is 0 Å². The van der Waals surface area contributed by atoms with Gasteiger partial charge in [-0.05, 0) is 40.7 Å². The van der Waals surface area contributed by atoms with Gasteiger partial charge in [-0.3, -0.25) is 0 Å². The van der Waals surface area contributed by atoms with Gasteiger partial charge in [0.05, 0.1) is 31.1 Å². The molecule has 0 amide bonds. The minimum absolute atomic E-state index is 0.167. The van der Waals surface area contributed by atoms with E-state index in [1.54, 1.807) is 11.0 Å². The summed E-state index contributed by atoms with van der Waals surface area (Å²) in [5, 5.41) is 13.8. The topological polar surface area (TPSA) is 82.2 Å². The number of ether oxygens (including phenoxy) is 2. The molecule has 1 aromatic heterocycles. The standard InChI is InChI=1S/C40H70N4O3Si/c1-8-9-10-11-12-13-14-15-16-17-18-19-20-21-22-23-26-45-30-39(31-47-48(34(2)3,35(4)5)36(6)7)46-29-37-24-25-38(28-41)40(27-37)44-33-42-32-43-44/h24-25,27,32-36,39H,8-23,26,29-31H2,1-7H3/t39-/m1/s1. The van der Waals surface area contributed by atoms with E-state index in [9.17, 15) is 5.26 Å². The summed E-state index contributed by atoms with van der Waals surface area (Å²) in [6.07, 6.45) is 24.8. The average Bonchev–Trinajstić information content (AvgIpc) is 3.61. The predicted molar refractivity (Wildman–Crippen MR) is 202 cm³/mol. The quantitative estimate of drug-likeness (QED) is 0.0627. The summed E-state index contributed by atoms with van der Waals surface area (Å²) in [7, 11) is -2.04. The summed E-state index contributed by atoms with van der Waals surface area (Å²) in [6.45, 7) is 18.4. The van der Waals surface area contributed by atoms with Crippen molar-refractivity contribution in [1.29, 1.82) is 5.26 Å². The summed E-state index contributed by atoms with van der Waals surface area (Å²) < 4.78 is 21.3. The van der Waals surface area contributed by atoms with E-state index in [1.165, 1.54) is 103 Å². The van der Waals surface area contributed by atoms with Crippen LogP contribution >= 0.6 is 0 Å². The lowest BCUT2D eigenvalue weighted by Gasteiger charge is -2.43. The van der Waals surface area contributed by atoms with Crippen molar-refractivity contribution in [3.05, 3.63) is 42.0 Å². The minimum atomic E-state index is -2.04. The van der Waals surface area contributed by atoms with Gasteiger partial charge in [-0.2, -0.15) is 10.4 Å². The number of unbranched alkanes of at least 4 members (excludes halogenated alkanes) is 15. The molecule has 48 heavy (non-hydrogen) atoms. The Hall–Kier alpha value is -2.05. The lowest BCUT2D eigenvalue weighted by molar-refractivity contribution is -0.0482. The molecule has 0 aliphatic carbocycles. The average molecular weight is 683 g/mol. The van der Waals surface area contributed by atoms with Crippen LogP contribution in [0.15, 0.2) is 30.9 Å². The molecule has 272 valence electrons. The van der Waals surface area contributed by atoms with Crippen LogP contribution < -0.4 is 0 Å². The molecule has 0 fully saturated rings. The van der Waals surface area contributed by atoms with Crippen molar-refractivity contribution in [3.63, 3.8) is 0 Å².